The molecule has 0 unspecified atom stereocenters. The third-order valence-electron chi connectivity index (χ3n) is 3.26. The van der Waals surface area contributed by atoms with Gasteiger partial charge in [-0.25, -0.2) is 0 Å². The standard InChI is InChI=1S/C15H19N3O2/c16-6-7-17-15(20)11-18(9-12-4-5-12)10-13-2-1-3-14(19)8-13/h1-3,8,12,19H,4-5,7,9-11H2,(H,17,20). The number of amides is 1. The highest BCUT2D eigenvalue weighted by atomic mass is 16.3. The second kappa shape index (κ2) is 6.92. The van der Waals surface area contributed by atoms with Crippen LogP contribution < -0.4 is 5.32 Å². The third kappa shape index (κ3) is 4.90. The number of phenolic OH excluding ortho intramolecular Hbond substituents is 1. The van der Waals surface area contributed by atoms with Crippen molar-refractivity contribution in [2.45, 2.75) is 19.4 Å². The van der Waals surface area contributed by atoms with Crippen molar-refractivity contribution in [3.63, 3.8) is 0 Å². The van der Waals surface area contributed by atoms with Gasteiger partial charge in [-0.1, -0.05) is 12.1 Å². The molecule has 0 atom stereocenters. The number of nitrogens with one attached hydrogen (secondary N) is 1. The molecule has 1 aliphatic rings. The molecule has 106 valence electrons. The largest absolute Gasteiger partial charge is 0.508 e. The minimum absolute atomic E-state index is 0.0439. The molecule has 1 aromatic carbocycles. The number of nitriles is 1. The zero-order chi connectivity index (χ0) is 14.4. The van der Waals surface area contributed by atoms with Gasteiger partial charge in [-0.3, -0.25) is 9.69 Å². The Morgan fingerprint density at radius 1 is 1.50 bits per heavy atom. The monoisotopic (exact) mass is 273 g/mol. The summed E-state index contributed by atoms with van der Waals surface area (Å²) in [5.41, 5.74) is 0.985. The summed E-state index contributed by atoms with van der Waals surface area (Å²) in [5, 5.41) is 20.5. The van der Waals surface area contributed by atoms with Gasteiger partial charge in [-0.15, -0.1) is 0 Å². The molecule has 0 bridgehead atoms. The van der Waals surface area contributed by atoms with Gasteiger partial charge in [0.25, 0.3) is 0 Å². The summed E-state index contributed by atoms with van der Waals surface area (Å²) in [7, 11) is 0. The minimum atomic E-state index is -0.132. The van der Waals surface area contributed by atoms with Crippen LogP contribution in [0.1, 0.15) is 18.4 Å². The Bertz CT molecular complexity index is 506. The van der Waals surface area contributed by atoms with Gasteiger partial charge in [0.05, 0.1) is 12.6 Å². The number of aromatic hydroxyl groups is 1. The number of hydrogen-bond acceptors (Lipinski definition) is 4. The fourth-order valence-electron chi connectivity index (χ4n) is 2.16. The van der Waals surface area contributed by atoms with Gasteiger partial charge in [0.15, 0.2) is 0 Å². The number of hydrogen-bond donors (Lipinski definition) is 2. The van der Waals surface area contributed by atoms with Gasteiger partial charge in [0, 0.05) is 13.1 Å². The predicted octanol–water partition coefficient (Wildman–Crippen LogP) is 1.24. The van der Waals surface area contributed by atoms with Crippen LogP contribution in [-0.2, 0) is 11.3 Å². The molecular weight excluding hydrogens is 254 g/mol. The normalized spacial score (nSPS) is 14.0. The van der Waals surface area contributed by atoms with Crippen molar-refractivity contribution >= 4 is 5.91 Å². The Morgan fingerprint density at radius 2 is 2.30 bits per heavy atom. The lowest BCUT2D eigenvalue weighted by atomic mass is 10.2. The zero-order valence-electron chi connectivity index (χ0n) is 11.4. The maximum absolute atomic E-state index is 11.7. The molecule has 1 amide bonds. The first-order valence-electron chi connectivity index (χ1n) is 6.81. The van der Waals surface area contributed by atoms with Crippen molar-refractivity contribution in [2.75, 3.05) is 19.6 Å². The van der Waals surface area contributed by atoms with Crippen molar-refractivity contribution in [1.82, 2.24) is 10.2 Å². The van der Waals surface area contributed by atoms with Crippen molar-refractivity contribution in [2.24, 2.45) is 5.92 Å². The Morgan fingerprint density at radius 3 is 2.95 bits per heavy atom. The fourth-order valence-corrected chi connectivity index (χ4v) is 2.16. The highest BCUT2D eigenvalue weighted by Gasteiger charge is 2.25. The number of carbonyl (C=O) groups is 1. The Kier molecular flexibility index (Phi) is 4.97. The Hall–Kier alpha value is -2.06. The van der Waals surface area contributed by atoms with Crippen LogP contribution in [0.4, 0.5) is 0 Å². The van der Waals surface area contributed by atoms with Crippen molar-refractivity contribution in [1.29, 1.82) is 5.26 Å². The molecule has 0 aliphatic heterocycles. The molecule has 0 radical (unpaired) electrons. The fraction of sp³-hybridized carbons (Fsp3) is 0.467. The average Bonchev–Trinajstić information content (AvgIpc) is 3.20. The smallest absolute Gasteiger partial charge is 0.235 e. The summed E-state index contributed by atoms with van der Waals surface area (Å²) in [6.45, 7) is 1.84. The lowest BCUT2D eigenvalue weighted by molar-refractivity contribution is -0.122. The molecule has 1 saturated carbocycles. The molecule has 20 heavy (non-hydrogen) atoms. The summed E-state index contributed by atoms with van der Waals surface area (Å²) in [6.07, 6.45) is 2.44. The number of rotatable bonds is 7. The van der Waals surface area contributed by atoms with Gasteiger partial charge in [0.1, 0.15) is 12.3 Å². The van der Waals surface area contributed by atoms with E-state index in [1.165, 1.54) is 12.8 Å². The molecule has 2 rings (SSSR count). The van der Waals surface area contributed by atoms with E-state index in [1.54, 1.807) is 18.2 Å². The summed E-state index contributed by atoms with van der Waals surface area (Å²) < 4.78 is 0. The lowest BCUT2D eigenvalue weighted by Gasteiger charge is -2.21. The van der Waals surface area contributed by atoms with Crippen LogP contribution in [0.15, 0.2) is 24.3 Å². The second-order valence-electron chi connectivity index (χ2n) is 5.22. The summed E-state index contributed by atoms with van der Waals surface area (Å²) in [4.78, 5) is 13.8. The van der Waals surface area contributed by atoms with Gasteiger partial charge in [0.2, 0.25) is 5.91 Å². The van der Waals surface area contributed by atoms with Crippen molar-refractivity contribution in [3.8, 4) is 11.8 Å². The van der Waals surface area contributed by atoms with Crippen molar-refractivity contribution in [3.05, 3.63) is 29.8 Å². The van der Waals surface area contributed by atoms with Gasteiger partial charge in [-0.05, 0) is 36.5 Å². The van der Waals surface area contributed by atoms with Gasteiger partial charge < -0.3 is 10.4 Å². The molecule has 0 heterocycles. The predicted molar refractivity (Wildman–Crippen MR) is 74.7 cm³/mol. The first kappa shape index (κ1) is 14.4. The Balaban J connectivity index is 1.92. The molecule has 1 aliphatic carbocycles. The Labute approximate surface area is 118 Å². The first-order chi connectivity index (χ1) is 9.67. The number of phenols is 1. The molecule has 2 N–H and O–H groups in total. The summed E-state index contributed by atoms with van der Waals surface area (Å²) >= 11 is 0. The van der Waals surface area contributed by atoms with Gasteiger partial charge >= 0.3 is 0 Å². The van der Waals surface area contributed by atoms with E-state index in [4.69, 9.17) is 5.26 Å². The van der Waals surface area contributed by atoms with E-state index < -0.39 is 0 Å². The molecule has 0 spiro atoms. The maximum atomic E-state index is 11.7. The van der Waals surface area contributed by atoms with Crippen LogP contribution in [0.5, 0.6) is 5.75 Å². The van der Waals surface area contributed by atoms with E-state index in [2.05, 4.69) is 10.2 Å². The highest BCUT2D eigenvalue weighted by molar-refractivity contribution is 5.78. The van der Waals surface area contributed by atoms with Crippen LogP contribution in [-0.4, -0.2) is 35.5 Å². The molecule has 0 saturated heterocycles. The van der Waals surface area contributed by atoms with Crippen LogP contribution in [0, 0.1) is 17.2 Å². The van der Waals surface area contributed by atoms with Crippen LogP contribution in [0.3, 0.4) is 0 Å². The SMILES string of the molecule is N#CCNC(=O)CN(Cc1cccc(O)c1)CC1CC1. The van der Waals surface area contributed by atoms with E-state index in [1.807, 2.05) is 12.1 Å². The molecule has 1 aromatic rings. The second-order valence-corrected chi connectivity index (χ2v) is 5.22. The molecule has 0 aromatic heterocycles. The first-order valence-corrected chi connectivity index (χ1v) is 6.81. The molecule has 5 heteroatoms. The zero-order valence-corrected chi connectivity index (χ0v) is 11.4. The van der Waals surface area contributed by atoms with E-state index in [0.717, 1.165) is 12.1 Å². The van der Waals surface area contributed by atoms with Crippen LogP contribution in [0.2, 0.25) is 0 Å². The summed E-state index contributed by atoms with van der Waals surface area (Å²) in [5.74, 6) is 0.784. The summed E-state index contributed by atoms with van der Waals surface area (Å²) in [6, 6.07) is 8.99. The van der Waals surface area contributed by atoms with Gasteiger partial charge in [-0.2, -0.15) is 5.26 Å². The number of carbonyl (C=O) groups excluding carboxylic acids is 1. The molecule has 1 fully saturated rings. The average molecular weight is 273 g/mol. The minimum Gasteiger partial charge on any atom is -0.508 e. The van der Waals surface area contributed by atoms with E-state index >= 15 is 0 Å². The topological polar surface area (TPSA) is 76.4 Å². The molecule has 5 nitrogen and oxygen atoms in total. The lowest BCUT2D eigenvalue weighted by Crippen LogP contribution is -2.38. The third-order valence-corrected chi connectivity index (χ3v) is 3.26. The quantitative estimate of drug-likeness (QED) is 0.733. The van der Waals surface area contributed by atoms with Crippen molar-refractivity contribution < 1.29 is 9.90 Å². The molecular formula is C15H19N3O2. The van der Waals surface area contributed by atoms with Crippen LogP contribution >= 0.6 is 0 Å². The highest BCUT2D eigenvalue weighted by Crippen LogP contribution is 2.30. The maximum Gasteiger partial charge on any atom is 0.235 e. The van der Waals surface area contributed by atoms with E-state index in [0.29, 0.717) is 12.5 Å². The van der Waals surface area contributed by atoms with E-state index in [-0.39, 0.29) is 24.7 Å². The number of nitrogens with zero attached hydrogens (tertiary/aromatic N) is 2. The van der Waals surface area contributed by atoms with E-state index in [9.17, 15) is 9.90 Å². The van der Waals surface area contributed by atoms with Crippen LogP contribution in [0.25, 0.3) is 0 Å². The number of benzene rings is 1.